The minimum Gasteiger partial charge on any atom is -0.300 e. The summed E-state index contributed by atoms with van der Waals surface area (Å²) in [6.45, 7) is -0.0919. The van der Waals surface area contributed by atoms with Gasteiger partial charge >= 0.3 is 0 Å². The number of benzene rings is 1. The molecule has 0 saturated heterocycles. The first-order valence-corrected chi connectivity index (χ1v) is 11.2. The topological polar surface area (TPSA) is 76.9 Å². The van der Waals surface area contributed by atoms with Crippen LogP contribution in [-0.4, -0.2) is 20.4 Å². The Labute approximate surface area is 174 Å². The lowest BCUT2D eigenvalue weighted by atomic mass is 9.90. The molecule has 1 amide bonds. The second-order valence-corrected chi connectivity index (χ2v) is 8.85. The number of fused-ring (bicyclic) bond motifs is 2. The summed E-state index contributed by atoms with van der Waals surface area (Å²) in [7, 11) is 0. The Hall–Kier alpha value is -2.84. The molecule has 0 atom stereocenters. The number of carbonyl (C=O) groups is 1. The van der Waals surface area contributed by atoms with Crippen LogP contribution in [0.25, 0.3) is 21.5 Å². The van der Waals surface area contributed by atoms with Crippen LogP contribution in [0, 0.1) is 0 Å². The van der Waals surface area contributed by atoms with Crippen molar-refractivity contribution in [1.82, 2.24) is 14.5 Å². The van der Waals surface area contributed by atoms with Crippen LogP contribution in [0.3, 0.4) is 0 Å². The predicted octanol–water partition coefficient (Wildman–Crippen LogP) is 4.10. The van der Waals surface area contributed by atoms with Gasteiger partial charge in [-0.2, -0.15) is 0 Å². The number of aryl methyl sites for hydroxylation is 2. The van der Waals surface area contributed by atoms with Gasteiger partial charge in [-0.15, -0.1) is 22.7 Å². The van der Waals surface area contributed by atoms with Gasteiger partial charge in [0.15, 0.2) is 5.13 Å². The number of carbonyl (C=O) groups excluding carboxylic acids is 1. The molecule has 0 unspecified atom stereocenters. The standard InChI is InChI=1S/C21H18N4O2S2/c26-18(10-25-12-22-19-16(20(25)27)7-8-28-19)24-21-23-17(11-29-21)15-6-5-13-3-1-2-4-14(13)9-15/h5-9,11-12H,1-4,10H2,(H,23,24,26). The lowest BCUT2D eigenvalue weighted by molar-refractivity contribution is -0.116. The second-order valence-electron chi connectivity index (χ2n) is 7.09. The zero-order valence-electron chi connectivity index (χ0n) is 15.6. The van der Waals surface area contributed by atoms with Crippen LogP contribution in [0.2, 0.25) is 0 Å². The fourth-order valence-corrected chi connectivity index (χ4v) is 5.14. The third-order valence-corrected chi connectivity index (χ3v) is 6.74. The number of anilines is 1. The molecule has 3 heterocycles. The highest BCUT2D eigenvalue weighted by Gasteiger charge is 2.14. The SMILES string of the molecule is O=C(Cn1cnc2sccc2c1=O)Nc1nc(-c2ccc3c(c2)CCCC3)cs1. The maximum Gasteiger partial charge on any atom is 0.262 e. The summed E-state index contributed by atoms with van der Waals surface area (Å²) in [4.78, 5) is 34.3. The molecule has 1 aromatic carbocycles. The van der Waals surface area contributed by atoms with Crippen molar-refractivity contribution in [3.8, 4) is 11.3 Å². The zero-order chi connectivity index (χ0) is 19.8. The van der Waals surface area contributed by atoms with E-state index in [0.29, 0.717) is 15.3 Å². The van der Waals surface area contributed by atoms with E-state index in [-0.39, 0.29) is 18.0 Å². The van der Waals surface area contributed by atoms with Gasteiger partial charge in [-0.25, -0.2) is 9.97 Å². The van der Waals surface area contributed by atoms with E-state index >= 15 is 0 Å². The smallest absolute Gasteiger partial charge is 0.262 e. The largest absolute Gasteiger partial charge is 0.300 e. The second kappa shape index (κ2) is 7.53. The van der Waals surface area contributed by atoms with E-state index in [1.165, 1.54) is 57.5 Å². The molecule has 8 heteroatoms. The van der Waals surface area contributed by atoms with Gasteiger partial charge in [-0.1, -0.05) is 12.1 Å². The number of thiazole rings is 1. The molecule has 0 aliphatic heterocycles. The first-order valence-electron chi connectivity index (χ1n) is 9.47. The van der Waals surface area contributed by atoms with Crippen molar-refractivity contribution in [1.29, 1.82) is 0 Å². The van der Waals surface area contributed by atoms with Crippen LogP contribution < -0.4 is 10.9 Å². The number of nitrogens with zero attached hydrogens (tertiary/aromatic N) is 3. The maximum absolute atomic E-state index is 12.4. The van der Waals surface area contributed by atoms with Crippen molar-refractivity contribution >= 4 is 43.9 Å². The van der Waals surface area contributed by atoms with Gasteiger partial charge in [0.25, 0.3) is 5.56 Å². The average molecular weight is 423 g/mol. The van der Waals surface area contributed by atoms with Gasteiger partial charge in [0.05, 0.1) is 17.4 Å². The molecule has 29 heavy (non-hydrogen) atoms. The van der Waals surface area contributed by atoms with Crippen molar-refractivity contribution in [2.45, 2.75) is 32.2 Å². The van der Waals surface area contributed by atoms with Crippen LogP contribution in [0.4, 0.5) is 5.13 Å². The molecule has 1 aliphatic carbocycles. The molecule has 1 aliphatic rings. The Balaban J connectivity index is 1.31. The van der Waals surface area contributed by atoms with E-state index in [1.807, 2.05) is 10.8 Å². The minimum atomic E-state index is -0.296. The number of thiophene rings is 1. The van der Waals surface area contributed by atoms with E-state index in [4.69, 9.17) is 0 Å². The average Bonchev–Trinajstić information content (AvgIpc) is 3.40. The number of rotatable bonds is 4. The van der Waals surface area contributed by atoms with E-state index < -0.39 is 0 Å². The summed E-state index contributed by atoms with van der Waals surface area (Å²) in [5, 5.41) is 7.63. The van der Waals surface area contributed by atoms with Crippen molar-refractivity contribution in [3.05, 3.63) is 62.8 Å². The van der Waals surface area contributed by atoms with E-state index in [0.717, 1.165) is 24.1 Å². The molecule has 0 bridgehead atoms. The molecule has 6 nitrogen and oxygen atoms in total. The first kappa shape index (κ1) is 18.2. The van der Waals surface area contributed by atoms with Crippen molar-refractivity contribution < 1.29 is 4.79 Å². The summed E-state index contributed by atoms with van der Waals surface area (Å²) < 4.78 is 1.32. The van der Waals surface area contributed by atoms with Gasteiger partial charge in [-0.05, 0) is 54.3 Å². The monoisotopic (exact) mass is 422 g/mol. The van der Waals surface area contributed by atoms with Gasteiger partial charge in [-0.3, -0.25) is 14.2 Å². The first-order chi connectivity index (χ1) is 14.2. The maximum atomic E-state index is 12.4. The normalized spacial score (nSPS) is 13.4. The Morgan fingerprint density at radius 2 is 2.00 bits per heavy atom. The van der Waals surface area contributed by atoms with Crippen LogP contribution in [0.1, 0.15) is 24.0 Å². The predicted molar refractivity (Wildman–Crippen MR) is 117 cm³/mol. The van der Waals surface area contributed by atoms with Gasteiger partial charge in [0.2, 0.25) is 5.91 Å². The van der Waals surface area contributed by atoms with Crippen LogP contribution in [0.5, 0.6) is 0 Å². The summed E-state index contributed by atoms with van der Waals surface area (Å²) in [5.41, 5.74) is 4.57. The van der Waals surface area contributed by atoms with Gasteiger partial charge in [0, 0.05) is 10.9 Å². The molecule has 0 radical (unpaired) electrons. The highest BCUT2D eigenvalue weighted by atomic mass is 32.1. The Bertz CT molecular complexity index is 1270. The van der Waals surface area contributed by atoms with Crippen molar-refractivity contribution in [3.63, 3.8) is 0 Å². The van der Waals surface area contributed by atoms with Gasteiger partial charge in [0.1, 0.15) is 11.4 Å². The van der Waals surface area contributed by atoms with Crippen LogP contribution in [0.15, 0.2) is 46.1 Å². The molecule has 4 aromatic rings. The van der Waals surface area contributed by atoms with E-state index in [9.17, 15) is 9.59 Å². The van der Waals surface area contributed by atoms with Crippen molar-refractivity contribution in [2.75, 3.05) is 5.32 Å². The molecule has 1 N–H and O–H groups in total. The lowest BCUT2D eigenvalue weighted by Gasteiger charge is -2.16. The molecular formula is C21H18N4O2S2. The summed E-state index contributed by atoms with van der Waals surface area (Å²) in [5.74, 6) is -0.296. The Morgan fingerprint density at radius 1 is 1.14 bits per heavy atom. The van der Waals surface area contributed by atoms with Gasteiger partial charge < -0.3 is 5.32 Å². The highest BCUT2D eigenvalue weighted by molar-refractivity contribution is 7.16. The fourth-order valence-electron chi connectivity index (χ4n) is 3.68. The number of hydrogen-bond donors (Lipinski definition) is 1. The summed E-state index contributed by atoms with van der Waals surface area (Å²) in [6, 6.07) is 8.25. The summed E-state index contributed by atoms with van der Waals surface area (Å²) >= 11 is 2.79. The summed E-state index contributed by atoms with van der Waals surface area (Å²) in [6.07, 6.45) is 6.19. The molecule has 0 saturated carbocycles. The zero-order valence-corrected chi connectivity index (χ0v) is 17.2. The quantitative estimate of drug-likeness (QED) is 0.537. The molecule has 5 rings (SSSR count). The van der Waals surface area contributed by atoms with E-state index in [1.54, 1.807) is 6.07 Å². The number of hydrogen-bond acceptors (Lipinski definition) is 6. The highest BCUT2D eigenvalue weighted by Crippen LogP contribution is 2.29. The Kier molecular flexibility index (Phi) is 4.73. The molecule has 146 valence electrons. The van der Waals surface area contributed by atoms with Crippen LogP contribution >= 0.6 is 22.7 Å². The third-order valence-electron chi connectivity index (χ3n) is 5.16. The number of aromatic nitrogens is 3. The Morgan fingerprint density at radius 3 is 2.90 bits per heavy atom. The number of amides is 1. The molecular weight excluding hydrogens is 404 g/mol. The van der Waals surface area contributed by atoms with Crippen molar-refractivity contribution in [2.24, 2.45) is 0 Å². The fraction of sp³-hybridized carbons (Fsp3) is 0.238. The third kappa shape index (κ3) is 3.61. The minimum absolute atomic E-state index is 0.0919. The molecule has 3 aromatic heterocycles. The molecule has 0 fully saturated rings. The number of nitrogens with one attached hydrogen (secondary N) is 1. The lowest BCUT2D eigenvalue weighted by Crippen LogP contribution is -2.27. The van der Waals surface area contributed by atoms with E-state index in [2.05, 4.69) is 33.5 Å². The van der Waals surface area contributed by atoms with Crippen LogP contribution in [-0.2, 0) is 24.2 Å². The molecule has 0 spiro atoms.